The lowest BCUT2D eigenvalue weighted by Crippen LogP contribution is -2.47. The second kappa shape index (κ2) is 7.70. The molecule has 2 rings (SSSR count). The summed E-state index contributed by atoms with van der Waals surface area (Å²) in [5.74, 6) is -1.91. The van der Waals surface area contributed by atoms with Gasteiger partial charge in [-0.1, -0.05) is 12.1 Å². The second-order valence-electron chi connectivity index (χ2n) is 5.96. The van der Waals surface area contributed by atoms with Gasteiger partial charge >= 0.3 is 6.03 Å². The number of nitrogens with one attached hydrogen (secondary N) is 2. The lowest BCUT2D eigenvalue weighted by Gasteiger charge is -2.35. The average Bonchev–Trinajstić information content (AvgIpc) is 2.56. The van der Waals surface area contributed by atoms with Crippen molar-refractivity contribution in [2.45, 2.75) is 25.8 Å². The highest BCUT2D eigenvalue weighted by Gasteiger charge is 2.32. The molecule has 1 heterocycles. The summed E-state index contributed by atoms with van der Waals surface area (Å²) in [6.07, 6.45) is 1.33. The van der Waals surface area contributed by atoms with Gasteiger partial charge in [-0.2, -0.15) is 0 Å². The van der Waals surface area contributed by atoms with Crippen LogP contribution in [-0.2, 0) is 4.74 Å². The van der Waals surface area contributed by atoms with Gasteiger partial charge in [-0.05, 0) is 25.8 Å². The maximum atomic E-state index is 13.7. The largest absolute Gasteiger partial charge is 0.396 e. The summed E-state index contributed by atoms with van der Waals surface area (Å²) in [5, 5.41) is 14.8. The van der Waals surface area contributed by atoms with Crippen LogP contribution in [0.5, 0.6) is 0 Å². The van der Waals surface area contributed by atoms with Crippen molar-refractivity contribution in [3.05, 3.63) is 35.4 Å². The minimum absolute atomic E-state index is 0.0370. The maximum Gasteiger partial charge on any atom is 0.315 e. The number of hydrogen-bond acceptors (Lipinski definition) is 3. The lowest BCUT2D eigenvalue weighted by atomic mass is 9.81. The predicted molar refractivity (Wildman–Crippen MR) is 80.9 cm³/mol. The lowest BCUT2D eigenvalue weighted by molar-refractivity contribution is -0.0139. The second-order valence-corrected chi connectivity index (χ2v) is 5.96. The third-order valence-electron chi connectivity index (χ3n) is 4.31. The van der Waals surface area contributed by atoms with E-state index in [9.17, 15) is 18.7 Å². The van der Waals surface area contributed by atoms with Crippen molar-refractivity contribution < 1.29 is 23.4 Å². The molecule has 128 valence electrons. The van der Waals surface area contributed by atoms with Crippen LogP contribution in [0.4, 0.5) is 13.6 Å². The fourth-order valence-electron chi connectivity index (χ4n) is 2.64. The number of benzene rings is 1. The highest BCUT2D eigenvalue weighted by molar-refractivity contribution is 5.74. The van der Waals surface area contributed by atoms with E-state index < -0.39 is 23.7 Å². The first-order valence-corrected chi connectivity index (χ1v) is 7.64. The van der Waals surface area contributed by atoms with Crippen LogP contribution in [0.3, 0.4) is 0 Å². The van der Waals surface area contributed by atoms with E-state index in [0.717, 1.165) is 6.07 Å². The molecular weight excluding hydrogens is 306 g/mol. The number of amides is 2. The first-order valence-electron chi connectivity index (χ1n) is 7.64. The Morgan fingerprint density at radius 2 is 2.09 bits per heavy atom. The van der Waals surface area contributed by atoms with Gasteiger partial charge in [0.2, 0.25) is 0 Å². The zero-order chi connectivity index (χ0) is 16.9. The van der Waals surface area contributed by atoms with E-state index in [4.69, 9.17) is 4.74 Å². The van der Waals surface area contributed by atoms with Gasteiger partial charge in [-0.25, -0.2) is 13.6 Å². The zero-order valence-electron chi connectivity index (χ0n) is 13.1. The highest BCUT2D eigenvalue weighted by Crippen LogP contribution is 2.29. The third kappa shape index (κ3) is 4.39. The van der Waals surface area contributed by atoms with Gasteiger partial charge in [0.15, 0.2) is 11.6 Å². The molecule has 0 bridgehead atoms. The molecule has 1 saturated heterocycles. The number of aliphatic hydroxyl groups is 1. The van der Waals surface area contributed by atoms with Crippen molar-refractivity contribution in [1.82, 2.24) is 10.6 Å². The van der Waals surface area contributed by atoms with Crippen LogP contribution in [0.1, 0.15) is 31.4 Å². The van der Waals surface area contributed by atoms with Crippen molar-refractivity contribution in [2.75, 3.05) is 26.4 Å². The van der Waals surface area contributed by atoms with Crippen molar-refractivity contribution >= 4 is 6.03 Å². The number of ether oxygens (including phenoxy) is 1. The van der Waals surface area contributed by atoms with E-state index >= 15 is 0 Å². The van der Waals surface area contributed by atoms with Crippen LogP contribution < -0.4 is 10.6 Å². The number of carbonyl (C=O) groups excluding carboxylic acids is 1. The fourth-order valence-corrected chi connectivity index (χ4v) is 2.64. The average molecular weight is 328 g/mol. The third-order valence-corrected chi connectivity index (χ3v) is 4.31. The Morgan fingerprint density at radius 3 is 2.74 bits per heavy atom. The molecule has 1 aliphatic heterocycles. The molecule has 0 saturated carbocycles. The quantitative estimate of drug-likeness (QED) is 0.775. The van der Waals surface area contributed by atoms with E-state index in [1.807, 2.05) is 0 Å². The summed E-state index contributed by atoms with van der Waals surface area (Å²) in [4.78, 5) is 12.0. The minimum Gasteiger partial charge on any atom is -0.396 e. The summed E-state index contributed by atoms with van der Waals surface area (Å²) in [7, 11) is 0. The summed E-state index contributed by atoms with van der Waals surface area (Å²) in [6.45, 7) is 2.94. The monoisotopic (exact) mass is 328 g/mol. The van der Waals surface area contributed by atoms with Crippen molar-refractivity contribution in [2.24, 2.45) is 5.41 Å². The van der Waals surface area contributed by atoms with Crippen LogP contribution in [0, 0.1) is 17.0 Å². The summed E-state index contributed by atoms with van der Waals surface area (Å²) in [5.41, 5.74) is -0.300. The van der Waals surface area contributed by atoms with Crippen LogP contribution in [0.2, 0.25) is 0 Å². The number of aliphatic hydroxyl groups excluding tert-OH is 1. The van der Waals surface area contributed by atoms with Crippen molar-refractivity contribution in [3.63, 3.8) is 0 Å². The summed E-state index contributed by atoms with van der Waals surface area (Å²) in [6, 6.07) is 2.69. The SMILES string of the molecule is CC(NC(=O)NCC1(CO)CCOCC1)c1cccc(F)c1F. The van der Waals surface area contributed by atoms with Crippen LogP contribution >= 0.6 is 0 Å². The molecular formula is C16H22F2N2O3. The molecule has 0 radical (unpaired) electrons. The molecule has 0 aliphatic carbocycles. The molecule has 1 aromatic rings. The summed E-state index contributed by atoms with van der Waals surface area (Å²) < 4.78 is 32.2. The normalized spacial score (nSPS) is 18.3. The Bertz CT molecular complexity index is 548. The van der Waals surface area contributed by atoms with Gasteiger partial charge in [0, 0.05) is 30.7 Å². The highest BCUT2D eigenvalue weighted by atomic mass is 19.2. The van der Waals surface area contributed by atoms with E-state index in [1.54, 1.807) is 6.92 Å². The molecule has 7 heteroatoms. The Kier molecular flexibility index (Phi) is 5.90. The zero-order valence-corrected chi connectivity index (χ0v) is 13.1. The minimum atomic E-state index is -0.962. The topological polar surface area (TPSA) is 70.6 Å². The molecule has 1 unspecified atom stereocenters. The number of urea groups is 1. The maximum absolute atomic E-state index is 13.7. The number of rotatable bonds is 5. The van der Waals surface area contributed by atoms with E-state index in [2.05, 4.69) is 10.6 Å². The summed E-state index contributed by atoms with van der Waals surface area (Å²) >= 11 is 0. The standard InChI is InChI=1S/C16H22F2N2O3/c1-11(12-3-2-4-13(17)14(12)18)20-15(22)19-9-16(10-21)5-7-23-8-6-16/h2-4,11,21H,5-10H2,1H3,(H2,19,20,22). The van der Waals surface area contributed by atoms with Gasteiger partial charge < -0.3 is 20.5 Å². The molecule has 0 spiro atoms. The molecule has 1 atom stereocenters. The van der Waals surface area contributed by atoms with Crippen molar-refractivity contribution in [3.8, 4) is 0 Å². The van der Waals surface area contributed by atoms with Crippen LogP contribution in [0.25, 0.3) is 0 Å². The number of carbonyl (C=O) groups is 1. The molecule has 3 N–H and O–H groups in total. The molecule has 23 heavy (non-hydrogen) atoms. The Balaban J connectivity index is 1.90. The number of hydrogen-bond donors (Lipinski definition) is 3. The Labute approximate surface area is 134 Å². The Morgan fingerprint density at radius 1 is 1.39 bits per heavy atom. The molecule has 2 amide bonds. The number of halogens is 2. The Hall–Kier alpha value is -1.73. The van der Waals surface area contributed by atoms with Gasteiger partial charge in [-0.15, -0.1) is 0 Å². The van der Waals surface area contributed by atoms with Gasteiger partial charge in [0.25, 0.3) is 0 Å². The van der Waals surface area contributed by atoms with Gasteiger partial charge in [-0.3, -0.25) is 0 Å². The predicted octanol–water partition coefficient (Wildman–Crippen LogP) is 2.11. The molecule has 1 fully saturated rings. The first-order chi connectivity index (χ1) is 11.0. The smallest absolute Gasteiger partial charge is 0.315 e. The first kappa shape index (κ1) is 17.6. The van der Waals surface area contributed by atoms with E-state index in [-0.39, 0.29) is 17.6 Å². The van der Waals surface area contributed by atoms with Gasteiger partial charge in [0.1, 0.15) is 0 Å². The molecule has 5 nitrogen and oxygen atoms in total. The van der Waals surface area contributed by atoms with Crippen molar-refractivity contribution in [1.29, 1.82) is 0 Å². The fraction of sp³-hybridized carbons (Fsp3) is 0.562. The van der Waals surface area contributed by atoms with Crippen LogP contribution in [-0.4, -0.2) is 37.5 Å². The van der Waals surface area contributed by atoms with Gasteiger partial charge in [0.05, 0.1) is 12.6 Å². The molecule has 0 aromatic heterocycles. The van der Waals surface area contributed by atoms with E-state index in [0.29, 0.717) is 32.6 Å². The van der Waals surface area contributed by atoms with Crippen LogP contribution in [0.15, 0.2) is 18.2 Å². The molecule has 1 aromatic carbocycles. The van der Waals surface area contributed by atoms with E-state index in [1.165, 1.54) is 12.1 Å². The molecule has 1 aliphatic rings.